The molecule has 0 bridgehead atoms. The second-order valence-electron chi connectivity index (χ2n) is 7.19. The molecule has 1 fully saturated rings. The van der Waals surface area contributed by atoms with Crippen LogP contribution in [-0.4, -0.2) is 50.6 Å². The van der Waals surface area contributed by atoms with Crippen molar-refractivity contribution in [3.05, 3.63) is 53.6 Å². The summed E-state index contributed by atoms with van der Waals surface area (Å²) in [6.45, 7) is 1.86. The molecule has 1 aliphatic rings. The molecule has 0 unspecified atom stereocenters. The number of nitrogens with zero attached hydrogens (tertiary/aromatic N) is 1. The third-order valence-electron chi connectivity index (χ3n) is 4.88. The van der Waals surface area contributed by atoms with E-state index in [1.165, 1.54) is 0 Å². The lowest BCUT2D eigenvalue weighted by atomic mass is 10.2. The van der Waals surface area contributed by atoms with Gasteiger partial charge in [0.2, 0.25) is 15.9 Å². The number of benzene rings is 2. The third-order valence-corrected chi connectivity index (χ3v) is 8.06. The molecule has 0 atom stereocenters. The van der Waals surface area contributed by atoms with Gasteiger partial charge in [-0.05, 0) is 61.4 Å². The molecule has 2 aromatic carbocycles. The Morgan fingerprint density at radius 3 is 2.39 bits per heavy atom. The molecule has 0 saturated carbocycles. The number of carbonyl (C=O) groups excluding carboxylic acids is 1. The quantitative estimate of drug-likeness (QED) is 0.406. The van der Waals surface area contributed by atoms with E-state index in [1.54, 1.807) is 40.3 Å². The Labute approximate surface area is 193 Å². The number of ether oxygens (including phenoxy) is 1. The maximum absolute atomic E-state index is 12.7. The molecule has 31 heavy (non-hydrogen) atoms. The highest BCUT2D eigenvalue weighted by atomic mass is 35.5. The Balaban J connectivity index is 1.34. The van der Waals surface area contributed by atoms with E-state index in [2.05, 4.69) is 5.32 Å². The zero-order chi connectivity index (χ0) is 22.1. The van der Waals surface area contributed by atoms with Crippen LogP contribution in [0, 0.1) is 0 Å². The van der Waals surface area contributed by atoms with Crippen LogP contribution in [0.5, 0.6) is 5.75 Å². The number of hydrogen-bond acceptors (Lipinski definition) is 5. The lowest BCUT2D eigenvalue weighted by Gasteiger charge is -2.25. The zero-order valence-corrected chi connectivity index (χ0v) is 19.6. The average Bonchev–Trinajstić information content (AvgIpc) is 2.79. The van der Waals surface area contributed by atoms with Crippen molar-refractivity contribution in [2.75, 3.05) is 32.0 Å². The van der Waals surface area contributed by atoms with Crippen LogP contribution < -0.4 is 10.1 Å². The smallest absolute Gasteiger partial charge is 0.243 e. The molecular formula is C22H27ClN2O4S2. The first-order valence-electron chi connectivity index (χ1n) is 10.3. The number of halogens is 1. The van der Waals surface area contributed by atoms with Crippen molar-refractivity contribution in [3.63, 3.8) is 0 Å². The molecule has 0 spiro atoms. The molecule has 168 valence electrons. The monoisotopic (exact) mass is 482 g/mol. The Morgan fingerprint density at radius 2 is 1.71 bits per heavy atom. The maximum atomic E-state index is 12.7. The first kappa shape index (κ1) is 23.9. The summed E-state index contributed by atoms with van der Waals surface area (Å²) >= 11 is 7.46. The van der Waals surface area contributed by atoms with E-state index in [0.717, 1.165) is 24.2 Å². The molecule has 0 radical (unpaired) electrons. The maximum Gasteiger partial charge on any atom is 0.243 e. The van der Waals surface area contributed by atoms with Gasteiger partial charge in [0.25, 0.3) is 0 Å². The Kier molecular flexibility index (Phi) is 9.07. The predicted molar refractivity (Wildman–Crippen MR) is 124 cm³/mol. The summed E-state index contributed by atoms with van der Waals surface area (Å²) in [5.74, 6) is 1.22. The molecule has 1 heterocycles. The number of rotatable bonds is 10. The van der Waals surface area contributed by atoms with Crippen LogP contribution in [-0.2, 0) is 14.8 Å². The van der Waals surface area contributed by atoms with E-state index in [1.807, 2.05) is 24.3 Å². The van der Waals surface area contributed by atoms with Gasteiger partial charge in [-0.25, -0.2) is 8.42 Å². The van der Waals surface area contributed by atoms with Gasteiger partial charge in [-0.1, -0.05) is 18.0 Å². The first-order valence-corrected chi connectivity index (χ1v) is 13.1. The molecule has 0 aromatic heterocycles. The van der Waals surface area contributed by atoms with Gasteiger partial charge in [-0.2, -0.15) is 4.31 Å². The minimum absolute atomic E-state index is 0.0342. The topological polar surface area (TPSA) is 75.7 Å². The van der Waals surface area contributed by atoms with E-state index in [0.29, 0.717) is 49.2 Å². The van der Waals surface area contributed by atoms with Crippen molar-refractivity contribution in [2.24, 2.45) is 0 Å². The molecule has 1 amide bonds. The van der Waals surface area contributed by atoms with Crippen LogP contribution in [0.1, 0.15) is 25.7 Å². The van der Waals surface area contributed by atoms with Gasteiger partial charge in [0, 0.05) is 35.2 Å². The fourth-order valence-electron chi connectivity index (χ4n) is 3.20. The SMILES string of the molecule is O=C(CCSc1ccc(Cl)cc1)NCCOc1ccc(S(=O)(=O)N2CCCCC2)cc1. The second kappa shape index (κ2) is 11.8. The van der Waals surface area contributed by atoms with Crippen LogP contribution in [0.15, 0.2) is 58.3 Å². The Hall–Kier alpha value is -1.74. The number of thioether (sulfide) groups is 1. The standard InChI is InChI=1S/C22H27ClN2O4S2/c23-18-4-8-20(9-5-18)30-17-12-22(26)24-13-16-29-19-6-10-21(11-7-19)31(27,28)25-14-2-1-3-15-25/h4-11H,1-3,12-17H2,(H,24,26). The molecule has 3 rings (SSSR count). The molecule has 2 aromatic rings. The van der Waals surface area contributed by atoms with Gasteiger partial charge in [0.15, 0.2) is 0 Å². The minimum Gasteiger partial charge on any atom is -0.492 e. The van der Waals surface area contributed by atoms with Crippen molar-refractivity contribution < 1.29 is 17.9 Å². The lowest BCUT2D eigenvalue weighted by molar-refractivity contribution is -0.120. The summed E-state index contributed by atoms with van der Waals surface area (Å²) in [6.07, 6.45) is 3.31. The van der Waals surface area contributed by atoms with Gasteiger partial charge in [0.05, 0.1) is 11.4 Å². The van der Waals surface area contributed by atoms with Gasteiger partial charge in [-0.3, -0.25) is 4.79 Å². The van der Waals surface area contributed by atoms with Crippen molar-refractivity contribution in [1.29, 1.82) is 0 Å². The highest BCUT2D eigenvalue weighted by Crippen LogP contribution is 2.23. The summed E-state index contributed by atoms with van der Waals surface area (Å²) in [5, 5.41) is 3.52. The molecule has 0 aliphatic carbocycles. The highest BCUT2D eigenvalue weighted by Gasteiger charge is 2.25. The number of nitrogens with one attached hydrogen (secondary N) is 1. The number of piperidine rings is 1. The number of carbonyl (C=O) groups is 1. The minimum atomic E-state index is -3.43. The van der Waals surface area contributed by atoms with Crippen LogP contribution in [0.25, 0.3) is 0 Å². The first-order chi connectivity index (χ1) is 14.9. The van der Waals surface area contributed by atoms with E-state index >= 15 is 0 Å². The number of amides is 1. The van der Waals surface area contributed by atoms with Crippen LogP contribution in [0.3, 0.4) is 0 Å². The fourth-order valence-corrected chi connectivity index (χ4v) is 5.70. The van der Waals surface area contributed by atoms with Gasteiger partial charge in [0.1, 0.15) is 12.4 Å². The average molecular weight is 483 g/mol. The van der Waals surface area contributed by atoms with Gasteiger partial charge >= 0.3 is 0 Å². The molecule has 6 nitrogen and oxygen atoms in total. The molecule has 1 N–H and O–H groups in total. The van der Waals surface area contributed by atoms with Crippen molar-refractivity contribution >= 4 is 39.3 Å². The van der Waals surface area contributed by atoms with Crippen molar-refractivity contribution in [2.45, 2.75) is 35.5 Å². The van der Waals surface area contributed by atoms with Crippen molar-refractivity contribution in [1.82, 2.24) is 9.62 Å². The van der Waals surface area contributed by atoms with Crippen molar-refractivity contribution in [3.8, 4) is 5.75 Å². The number of hydrogen-bond donors (Lipinski definition) is 1. The summed E-state index contributed by atoms with van der Waals surface area (Å²) in [6, 6.07) is 14.0. The van der Waals surface area contributed by atoms with E-state index in [9.17, 15) is 13.2 Å². The largest absolute Gasteiger partial charge is 0.492 e. The second-order valence-corrected chi connectivity index (χ2v) is 10.7. The van der Waals surface area contributed by atoms with Crippen LogP contribution >= 0.6 is 23.4 Å². The summed E-state index contributed by atoms with van der Waals surface area (Å²) in [5.41, 5.74) is 0. The highest BCUT2D eigenvalue weighted by molar-refractivity contribution is 7.99. The van der Waals surface area contributed by atoms with E-state index < -0.39 is 10.0 Å². The van der Waals surface area contributed by atoms with E-state index in [4.69, 9.17) is 16.3 Å². The van der Waals surface area contributed by atoms with Crippen LogP contribution in [0.2, 0.25) is 5.02 Å². The Morgan fingerprint density at radius 1 is 1.03 bits per heavy atom. The normalized spacial score (nSPS) is 14.9. The molecular weight excluding hydrogens is 456 g/mol. The van der Waals surface area contributed by atoms with E-state index in [-0.39, 0.29) is 10.8 Å². The van der Waals surface area contributed by atoms with Gasteiger partial charge < -0.3 is 10.1 Å². The van der Waals surface area contributed by atoms with Gasteiger partial charge in [-0.15, -0.1) is 11.8 Å². The van der Waals surface area contributed by atoms with Crippen LogP contribution in [0.4, 0.5) is 0 Å². The Bertz CT molecular complexity index is 944. The summed E-state index contributed by atoms with van der Waals surface area (Å²) in [7, 11) is -3.43. The lowest BCUT2D eigenvalue weighted by Crippen LogP contribution is -2.35. The summed E-state index contributed by atoms with van der Waals surface area (Å²) in [4.78, 5) is 13.3. The third kappa shape index (κ3) is 7.42. The fraction of sp³-hybridized carbons (Fsp3) is 0.409. The molecule has 1 aliphatic heterocycles. The predicted octanol–water partition coefficient (Wildman–Crippen LogP) is 4.19. The zero-order valence-electron chi connectivity index (χ0n) is 17.3. The molecule has 1 saturated heterocycles. The summed E-state index contributed by atoms with van der Waals surface area (Å²) < 4.78 is 32.5. The molecule has 9 heteroatoms. The number of sulfonamides is 1.